The number of alkyl halides is 3. The number of aromatic amines is 1. The lowest BCUT2D eigenvalue weighted by atomic mass is 10.1. The molecule has 0 spiro atoms. The Labute approximate surface area is 191 Å². The predicted octanol–water partition coefficient (Wildman–Crippen LogP) is 5.61. The van der Waals surface area contributed by atoms with Gasteiger partial charge in [0.2, 0.25) is 5.91 Å². The minimum Gasteiger partial charge on any atom is -0.326 e. The van der Waals surface area contributed by atoms with Gasteiger partial charge >= 0.3 is 6.18 Å². The molecule has 1 aromatic heterocycles. The molecular formula is C22H19ClF3N3O2S. The number of hydrogen-bond donors (Lipinski definition) is 2. The molecule has 3 aromatic rings. The first-order valence-corrected chi connectivity index (χ1v) is 10.9. The highest BCUT2D eigenvalue weighted by Crippen LogP contribution is 2.36. The first-order chi connectivity index (χ1) is 15.1. The number of amides is 1. The summed E-state index contributed by atoms with van der Waals surface area (Å²) in [4.78, 5) is 31.8. The zero-order valence-corrected chi connectivity index (χ0v) is 18.5. The van der Waals surface area contributed by atoms with E-state index in [0.29, 0.717) is 22.2 Å². The summed E-state index contributed by atoms with van der Waals surface area (Å²) < 4.78 is 38.9. The van der Waals surface area contributed by atoms with E-state index in [4.69, 9.17) is 11.6 Å². The number of aromatic nitrogens is 2. The van der Waals surface area contributed by atoms with Gasteiger partial charge in [0.1, 0.15) is 0 Å². The minimum atomic E-state index is -4.63. The number of carbonyl (C=O) groups excluding carboxylic acids is 1. The highest BCUT2D eigenvalue weighted by atomic mass is 35.5. The zero-order chi connectivity index (χ0) is 23.3. The van der Waals surface area contributed by atoms with Crippen LogP contribution in [0, 0.1) is 6.92 Å². The van der Waals surface area contributed by atoms with Crippen molar-refractivity contribution in [2.75, 3.05) is 5.32 Å². The Morgan fingerprint density at radius 1 is 1.19 bits per heavy atom. The van der Waals surface area contributed by atoms with Gasteiger partial charge in [-0.3, -0.25) is 9.59 Å². The predicted molar refractivity (Wildman–Crippen MR) is 119 cm³/mol. The second-order valence-corrected chi connectivity index (χ2v) is 8.32. The number of aryl methyl sites for hydroxylation is 1. The molecule has 32 heavy (non-hydrogen) atoms. The summed E-state index contributed by atoms with van der Waals surface area (Å²) in [6.45, 7) is 1.68. The maximum Gasteiger partial charge on any atom is 0.417 e. The van der Waals surface area contributed by atoms with Crippen molar-refractivity contribution in [3.63, 3.8) is 0 Å². The molecule has 0 radical (unpaired) electrons. The van der Waals surface area contributed by atoms with Gasteiger partial charge in [0.15, 0.2) is 5.16 Å². The van der Waals surface area contributed by atoms with Crippen molar-refractivity contribution in [2.24, 2.45) is 0 Å². The minimum absolute atomic E-state index is 0.0249. The quantitative estimate of drug-likeness (QED) is 0.339. The number of H-pyrrole nitrogens is 1. The Morgan fingerprint density at radius 2 is 1.91 bits per heavy atom. The van der Waals surface area contributed by atoms with E-state index in [1.165, 1.54) is 17.8 Å². The van der Waals surface area contributed by atoms with Crippen LogP contribution in [-0.2, 0) is 23.1 Å². The van der Waals surface area contributed by atoms with Crippen molar-refractivity contribution in [3.05, 3.63) is 86.3 Å². The summed E-state index contributed by atoms with van der Waals surface area (Å²) in [5.41, 5.74) is 0.556. The lowest BCUT2D eigenvalue weighted by molar-refractivity contribution is -0.137. The van der Waals surface area contributed by atoms with E-state index < -0.39 is 22.7 Å². The van der Waals surface area contributed by atoms with Crippen LogP contribution >= 0.6 is 23.4 Å². The van der Waals surface area contributed by atoms with Gasteiger partial charge in [0.25, 0.3) is 5.56 Å². The van der Waals surface area contributed by atoms with Crippen LogP contribution in [0.1, 0.15) is 28.8 Å². The Hall–Kier alpha value is -2.78. The highest BCUT2D eigenvalue weighted by molar-refractivity contribution is 7.98. The summed E-state index contributed by atoms with van der Waals surface area (Å²) >= 11 is 6.98. The molecule has 5 nitrogen and oxygen atoms in total. The topological polar surface area (TPSA) is 74.8 Å². The molecule has 1 heterocycles. The van der Waals surface area contributed by atoms with E-state index in [-0.39, 0.29) is 24.1 Å². The second-order valence-electron chi connectivity index (χ2n) is 6.95. The fraction of sp³-hybridized carbons (Fsp3) is 0.227. The van der Waals surface area contributed by atoms with E-state index in [9.17, 15) is 22.8 Å². The van der Waals surface area contributed by atoms with Gasteiger partial charge < -0.3 is 10.3 Å². The normalized spacial score (nSPS) is 11.4. The molecule has 3 rings (SSSR count). The maximum absolute atomic E-state index is 13.0. The average Bonchev–Trinajstić information content (AvgIpc) is 2.73. The van der Waals surface area contributed by atoms with Crippen LogP contribution in [0.5, 0.6) is 0 Å². The number of benzene rings is 2. The Bertz CT molecular complexity index is 1170. The van der Waals surface area contributed by atoms with Crippen LogP contribution in [0.4, 0.5) is 18.9 Å². The zero-order valence-electron chi connectivity index (χ0n) is 16.9. The largest absolute Gasteiger partial charge is 0.417 e. The molecule has 10 heteroatoms. The number of hydrogen-bond acceptors (Lipinski definition) is 4. The van der Waals surface area contributed by atoms with Crippen molar-refractivity contribution in [3.8, 4) is 0 Å². The van der Waals surface area contributed by atoms with Crippen molar-refractivity contribution < 1.29 is 18.0 Å². The molecule has 0 saturated carbocycles. The summed E-state index contributed by atoms with van der Waals surface area (Å²) in [5, 5.41) is 2.43. The summed E-state index contributed by atoms with van der Waals surface area (Å²) in [5.74, 6) is 0.119. The molecule has 2 aromatic carbocycles. The standard InChI is InChI=1S/C22H19ClF3N3O2S/c1-13-16(20(31)29-21(27-13)32-12-14-5-3-2-4-6-14)8-10-19(30)28-15-7-9-18(23)17(11-15)22(24,25)26/h2-7,9,11H,8,10,12H2,1H3,(H,28,30)(H,27,29,31). The molecule has 0 aliphatic rings. The third kappa shape index (κ3) is 6.37. The molecule has 1 amide bonds. The van der Waals surface area contributed by atoms with Crippen LogP contribution in [0.15, 0.2) is 58.5 Å². The Morgan fingerprint density at radius 3 is 2.56 bits per heavy atom. The molecule has 0 saturated heterocycles. The number of anilines is 1. The van der Waals surface area contributed by atoms with Crippen LogP contribution in [0.25, 0.3) is 0 Å². The van der Waals surface area contributed by atoms with Gasteiger partial charge in [-0.1, -0.05) is 53.7 Å². The Balaban J connectivity index is 1.62. The SMILES string of the molecule is Cc1nc(SCc2ccccc2)[nH]c(=O)c1CCC(=O)Nc1ccc(Cl)c(C(F)(F)F)c1. The van der Waals surface area contributed by atoms with Gasteiger partial charge in [-0.2, -0.15) is 13.2 Å². The molecule has 2 N–H and O–H groups in total. The van der Waals surface area contributed by atoms with E-state index in [0.717, 1.165) is 17.7 Å². The van der Waals surface area contributed by atoms with E-state index in [1.807, 2.05) is 30.3 Å². The summed E-state index contributed by atoms with van der Waals surface area (Å²) in [7, 11) is 0. The van der Waals surface area contributed by atoms with E-state index in [1.54, 1.807) is 6.92 Å². The average molecular weight is 482 g/mol. The fourth-order valence-electron chi connectivity index (χ4n) is 2.96. The lowest BCUT2D eigenvalue weighted by Crippen LogP contribution is -2.20. The van der Waals surface area contributed by atoms with E-state index >= 15 is 0 Å². The monoisotopic (exact) mass is 481 g/mol. The number of nitrogens with zero attached hydrogens (tertiary/aromatic N) is 1. The maximum atomic E-state index is 13.0. The number of nitrogens with one attached hydrogen (secondary N) is 2. The van der Waals surface area contributed by atoms with E-state index in [2.05, 4.69) is 15.3 Å². The fourth-order valence-corrected chi connectivity index (χ4v) is 4.04. The van der Waals surface area contributed by atoms with Gasteiger partial charge in [-0.05, 0) is 37.1 Å². The van der Waals surface area contributed by atoms with Crippen molar-refractivity contribution >= 4 is 35.0 Å². The van der Waals surface area contributed by atoms with Gasteiger partial charge in [0, 0.05) is 29.1 Å². The molecule has 168 valence electrons. The van der Waals surface area contributed by atoms with Gasteiger partial charge in [0.05, 0.1) is 10.6 Å². The van der Waals surface area contributed by atoms with Gasteiger partial charge in [-0.25, -0.2) is 4.98 Å². The summed E-state index contributed by atoms with van der Waals surface area (Å²) in [6, 6.07) is 12.9. The van der Waals surface area contributed by atoms with Crippen molar-refractivity contribution in [1.82, 2.24) is 9.97 Å². The first-order valence-electron chi connectivity index (χ1n) is 9.56. The molecular weight excluding hydrogens is 463 g/mol. The molecule has 0 aliphatic heterocycles. The van der Waals surface area contributed by atoms with Crippen molar-refractivity contribution in [2.45, 2.75) is 36.9 Å². The molecule has 0 unspecified atom stereocenters. The highest BCUT2D eigenvalue weighted by Gasteiger charge is 2.33. The molecule has 0 bridgehead atoms. The number of rotatable bonds is 7. The third-order valence-corrected chi connectivity index (χ3v) is 5.85. The van der Waals surface area contributed by atoms with Crippen LogP contribution < -0.4 is 10.9 Å². The lowest BCUT2D eigenvalue weighted by Gasteiger charge is -2.12. The summed E-state index contributed by atoms with van der Waals surface area (Å²) in [6.07, 6.45) is -4.62. The second kappa shape index (κ2) is 10.2. The molecule has 0 fully saturated rings. The van der Waals surface area contributed by atoms with Crippen LogP contribution in [-0.4, -0.2) is 15.9 Å². The smallest absolute Gasteiger partial charge is 0.326 e. The van der Waals surface area contributed by atoms with Crippen LogP contribution in [0.2, 0.25) is 5.02 Å². The first kappa shape index (κ1) is 23.9. The van der Waals surface area contributed by atoms with Gasteiger partial charge in [-0.15, -0.1) is 0 Å². The molecule has 0 aliphatic carbocycles. The van der Waals surface area contributed by atoms with Crippen molar-refractivity contribution in [1.29, 1.82) is 0 Å². The third-order valence-electron chi connectivity index (χ3n) is 4.58. The number of halogens is 4. The number of carbonyl (C=O) groups is 1. The number of thioether (sulfide) groups is 1. The Kier molecular flexibility index (Phi) is 7.63. The molecule has 0 atom stereocenters. The van der Waals surface area contributed by atoms with Crippen LogP contribution in [0.3, 0.4) is 0 Å².